The summed E-state index contributed by atoms with van der Waals surface area (Å²) in [6.45, 7) is -2.08. The molecule has 3 atom stereocenters. The molecule has 1 unspecified atom stereocenters. The Hall–Kier alpha value is -5.68. The van der Waals surface area contributed by atoms with E-state index >= 15 is 8.78 Å². The van der Waals surface area contributed by atoms with Gasteiger partial charge < -0.3 is 35.3 Å². The van der Waals surface area contributed by atoms with Crippen molar-refractivity contribution < 1.29 is 104 Å². The van der Waals surface area contributed by atoms with Gasteiger partial charge in [0, 0.05) is 47.9 Å². The number of carbonyl (C=O) groups is 2. The smallest absolute Gasteiger partial charge is 0.368 e. The van der Waals surface area contributed by atoms with E-state index in [-0.39, 0.29) is 25.7 Å². The topological polar surface area (TPSA) is 314 Å². The van der Waals surface area contributed by atoms with Gasteiger partial charge in [-0.25, -0.2) is 35.4 Å². The molecule has 1 saturated carbocycles. The van der Waals surface area contributed by atoms with Crippen molar-refractivity contribution in [2.45, 2.75) is 92.7 Å². The zero-order valence-electron chi connectivity index (χ0n) is 41.3. The molecule has 0 aliphatic heterocycles. The van der Waals surface area contributed by atoms with Gasteiger partial charge in [0.15, 0.2) is 21.3 Å². The zero-order valence-corrected chi connectivity index (χ0v) is 45.5. The van der Waals surface area contributed by atoms with Crippen LogP contribution in [0.5, 0.6) is 0 Å². The van der Waals surface area contributed by atoms with E-state index in [1.807, 2.05) is 5.32 Å². The molecule has 80 heavy (non-hydrogen) atoms. The monoisotopic (exact) mass is 1240 g/mol. The molecule has 2 aromatic carbocycles. The largest absolute Gasteiger partial charge is 0.435 e. The van der Waals surface area contributed by atoms with Crippen LogP contribution in [-0.4, -0.2) is 113 Å². The predicted molar refractivity (Wildman–Crippen MR) is 262 cm³/mol. The number of halogens is 11. The number of sulfone groups is 1. The molecule has 3 heterocycles. The molecule has 0 spiro atoms. The summed E-state index contributed by atoms with van der Waals surface area (Å²) in [6.07, 6.45) is -12.8. The third-order valence-corrected chi connectivity index (χ3v) is 20.1. The number of nitrogens with zero attached hydrogens (tertiary/aromatic N) is 6. The fourth-order valence-corrected chi connectivity index (χ4v) is 12.4. The Morgan fingerprint density at radius 2 is 1.52 bits per heavy atom. The number of pyridine rings is 1. The van der Waals surface area contributed by atoms with Crippen molar-refractivity contribution in [3.63, 3.8) is 0 Å². The summed E-state index contributed by atoms with van der Waals surface area (Å²) in [5, 5.41) is 16.3. The summed E-state index contributed by atoms with van der Waals surface area (Å²) in [5.74, 6) is -6.72. The Morgan fingerprint density at radius 1 is 0.925 bits per heavy atom. The molecule has 436 valence electrons. The van der Waals surface area contributed by atoms with Crippen LogP contribution in [0.3, 0.4) is 0 Å². The summed E-state index contributed by atoms with van der Waals surface area (Å²) in [7, 11) is -21.1. The molecule has 3 amide bonds. The van der Waals surface area contributed by atoms with E-state index in [4.69, 9.17) is 11.6 Å². The SMILES string of the molecule is CC(C)(C#Cc1ccc(-c2ccc(Cl)c3c(N(C(=O)NCCCC(O)(P(=O)(O)O)P(=O)(O)O)S(C)(=O)=O)nn(CC(F)(F)F)c23)c(C(Cc2cc(F)cc(F)c2)NC(=O)Cn2nc(C(F)(F)F)c3c2C(F)(F)[C@@H]2C[C@H]32)n1)S(C)(=O)=O. The minimum Gasteiger partial charge on any atom is -0.368 e. The molecule has 21 nitrogen and oxygen atoms in total. The molecule has 0 bridgehead atoms. The number of hydrogen-bond acceptors (Lipinski definition) is 12. The number of urea groups is 1. The van der Waals surface area contributed by atoms with E-state index in [1.54, 1.807) is 0 Å². The van der Waals surface area contributed by atoms with E-state index in [1.165, 1.54) is 13.8 Å². The maximum atomic E-state index is 15.6. The molecule has 2 aliphatic rings. The summed E-state index contributed by atoms with van der Waals surface area (Å²) >= 11 is 6.59. The van der Waals surface area contributed by atoms with Crippen molar-refractivity contribution in [1.82, 2.24) is 35.2 Å². The lowest BCUT2D eigenvalue weighted by molar-refractivity contribution is -0.143. The molecule has 2 aliphatic carbocycles. The number of aromatic nitrogens is 5. The highest BCUT2D eigenvalue weighted by Crippen LogP contribution is 2.70. The van der Waals surface area contributed by atoms with Gasteiger partial charge in [-0.15, -0.1) is 0 Å². The lowest BCUT2D eigenvalue weighted by Crippen LogP contribution is -2.44. The van der Waals surface area contributed by atoms with Gasteiger partial charge in [0.2, 0.25) is 15.9 Å². The van der Waals surface area contributed by atoms with Gasteiger partial charge in [0.1, 0.15) is 40.9 Å². The number of alkyl halides is 8. The van der Waals surface area contributed by atoms with Crippen LogP contribution in [0.1, 0.15) is 79.0 Å². The van der Waals surface area contributed by atoms with Crippen molar-refractivity contribution >= 4 is 75.3 Å². The van der Waals surface area contributed by atoms with Crippen LogP contribution in [0.25, 0.3) is 22.0 Å². The van der Waals surface area contributed by atoms with Crippen LogP contribution in [0.2, 0.25) is 5.02 Å². The van der Waals surface area contributed by atoms with E-state index in [0.717, 1.165) is 42.7 Å². The maximum absolute atomic E-state index is 15.6. The average molecular weight is 1240 g/mol. The summed E-state index contributed by atoms with van der Waals surface area (Å²) in [5.41, 5.74) is -6.75. The zero-order chi connectivity index (χ0) is 60.1. The van der Waals surface area contributed by atoms with Crippen LogP contribution in [0.15, 0.2) is 42.5 Å². The Kier molecular flexibility index (Phi) is 16.2. The fraction of sp³-hybridized carbons (Fsp3) is 0.432. The highest BCUT2D eigenvalue weighted by atomic mass is 35.5. The van der Waals surface area contributed by atoms with Gasteiger partial charge in [0.05, 0.1) is 33.9 Å². The number of carbonyl (C=O) groups excluding carboxylic acids is 2. The molecule has 1 fully saturated rings. The minimum atomic E-state index is -6.02. The third kappa shape index (κ3) is 12.4. The summed E-state index contributed by atoms with van der Waals surface area (Å²) < 4.78 is 222. The van der Waals surface area contributed by atoms with Crippen LogP contribution in [0.4, 0.5) is 54.5 Å². The quantitative estimate of drug-likeness (QED) is 0.0225. The molecular formula is C44H43ClF10N8O13P2S2. The van der Waals surface area contributed by atoms with Crippen LogP contribution in [0, 0.1) is 29.4 Å². The minimum absolute atomic E-state index is 0.112. The first-order valence-electron chi connectivity index (χ1n) is 22.8. The Bertz CT molecular complexity index is 3720. The van der Waals surface area contributed by atoms with Crippen LogP contribution < -0.4 is 14.9 Å². The van der Waals surface area contributed by atoms with Crippen LogP contribution in [-0.2, 0) is 65.4 Å². The summed E-state index contributed by atoms with van der Waals surface area (Å²) in [4.78, 5) is 70.4. The normalized spacial score (nSPS) is 17.1. The van der Waals surface area contributed by atoms with Crippen molar-refractivity contribution in [2.75, 3.05) is 23.4 Å². The maximum Gasteiger partial charge on any atom is 0.435 e. The van der Waals surface area contributed by atoms with Crippen molar-refractivity contribution in [3.05, 3.63) is 93.0 Å². The first-order chi connectivity index (χ1) is 36.4. The summed E-state index contributed by atoms with van der Waals surface area (Å²) in [6, 6.07) is 2.29. The van der Waals surface area contributed by atoms with Gasteiger partial charge in [0.25, 0.3) is 11.0 Å². The van der Waals surface area contributed by atoms with Gasteiger partial charge in [-0.1, -0.05) is 23.6 Å². The van der Waals surface area contributed by atoms with E-state index in [2.05, 4.69) is 32.3 Å². The highest BCUT2D eigenvalue weighted by molar-refractivity contribution is 7.93. The Balaban J connectivity index is 1.43. The van der Waals surface area contributed by atoms with Crippen molar-refractivity contribution in [2.24, 2.45) is 5.92 Å². The van der Waals surface area contributed by atoms with Crippen molar-refractivity contribution in [1.29, 1.82) is 0 Å². The molecule has 36 heteroatoms. The average Bonchev–Trinajstić information content (AvgIpc) is 3.80. The second kappa shape index (κ2) is 20.9. The number of nitrogens with one attached hydrogen (secondary N) is 2. The number of hydrogen-bond donors (Lipinski definition) is 7. The lowest BCUT2D eigenvalue weighted by atomic mass is 9.93. The van der Waals surface area contributed by atoms with E-state index in [9.17, 15) is 95.4 Å². The predicted octanol–water partition coefficient (Wildman–Crippen LogP) is 6.55. The number of anilines is 1. The molecule has 0 radical (unpaired) electrons. The Morgan fingerprint density at radius 3 is 2.08 bits per heavy atom. The van der Waals surface area contributed by atoms with E-state index in [0.29, 0.717) is 12.3 Å². The molecule has 7 rings (SSSR count). The molecular weight excluding hydrogens is 1200 g/mol. The number of aliphatic hydroxyl groups is 1. The molecule has 3 aromatic heterocycles. The first-order valence-corrected chi connectivity index (χ1v) is 30.1. The molecule has 7 N–H and O–H groups in total. The first kappa shape index (κ1) is 61.9. The molecule has 5 aromatic rings. The fourth-order valence-electron chi connectivity index (χ4n) is 8.86. The Labute approximate surface area is 451 Å². The lowest BCUT2D eigenvalue weighted by Gasteiger charge is -2.29. The highest BCUT2D eigenvalue weighted by Gasteiger charge is 2.68. The second-order valence-electron chi connectivity index (χ2n) is 19.2. The number of fused-ring (bicyclic) bond motifs is 4. The van der Waals surface area contributed by atoms with Gasteiger partial charge in [-0.3, -0.25) is 23.3 Å². The van der Waals surface area contributed by atoms with Crippen molar-refractivity contribution in [3.8, 4) is 23.0 Å². The number of sulfonamides is 1. The number of amides is 3. The van der Waals surface area contributed by atoms with E-state index < -0.39 is 205 Å². The van der Waals surface area contributed by atoms with Gasteiger partial charge in [-0.2, -0.15) is 49.6 Å². The molecule has 0 saturated heterocycles. The van der Waals surface area contributed by atoms with Gasteiger partial charge in [-0.05, 0) is 80.8 Å². The third-order valence-electron chi connectivity index (χ3n) is 12.9. The standard InChI is InChI=1S/C44H43ClF10N8O13P2S2/c1-40(2,79(3,73)74)12-10-24-6-7-25(34(57-24)30(16-21-14-22(46)17-23(47)15-21)58-31(64)19-61-37-32(36(59-61)44(53,54)55)27-18-28(27)43(37,51)52)26-8-9-29(45)33-35(26)62(20-41(48,49)50)60-38(33)63(80(4,75)76)39(65)56-13-5-11-42(66,77(67,68)69)78(70,71)72/h6-9,14-15,17,27-28,30,66H,5,11,13,16,18-20H2,1-4H3,(H,56,65)(H,58,64)(H2,67,68,69)(H2,70,71,72)/t27-,28+,30?/m0/s1. The second-order valence-corrected chi connectivity index (χ2v) is 28.1. The van der Waals surface area contributed by atoms with Gasteiger partial charge >= 0.3 is 33.6 Å². The number of rotatable bonds is 17. The number of benzene rings is 2. The van der Waals surface area contributed by atoms with Crippen LogP contribution >= 0.6 is 26.8 Å².